The zero-order valence-electron chi connectivity index (χ0n) is 21.3. The first-order chi connectivity index (χ1) is 18.2. The largest absolute Gasteiger partial charge is 0.497 e. The Morgan fingerprint density at radius 1 is 1.11 bits per heavy atom. The highest BCUT2D eigenvalue weighted by atomic mass is 16.5. The van der Waals surface area contributed by atoms with Gasteiger partial charge in [0.2, 0.25) is 0 Å². The van der Waals surface area contributed by atoms with E-state index in [0.29, 0.717) is 23.4 Å². The van der Waals surface area contributed by atoms with E-state index in [1.54, 1.807) is 25.3 Å². The van der Waals surface area contributed by atoms with E-state index in [0.717, 1.165) is 33.5 Å². The second kappa shape index (κ2) is 8.34. The van der Waals surface area contributed by atoms with Crippen molar-refractivity contribution in [2.75, 3.05) is 7.11 Å². The number of imide groups is 1. The minimum Gasteiger partial charge on any atom is -0.497 e. The van der Waals surface area contributed by atoms with Gasteiger partial charge in [-0.1, -0.05) is 12.1 Å². The van der Waals surface area contributed by atoms with E-state index in [1.807, 2.05) is 49.8 Å². The summed E-state index contributed by atoms with van der Waals surface area (Å²) in [5.41, 5.74) is 4.23. The Balaban J connectivity index is 1.38. The van der Waals surface area contributed by atoms with Gasteiger partial charge in [-0.3, -0.25) is 19.6 Å². The lowest BCUT2D eigenvalue weighted by Gasteiger charge is -2.20. The minimum atomic E-state index is -1.62. The Morgan fingerprint density at radius 3 is 2.61 bits per heavy atom. The van der Waals surface area contributed by atoms with E-state index in [4.69, 9.17) is 9.15 Å². The number of amides is 4. The Labute approximate surface area is 217 Å². The Bertz CT molecular complexity index is 1700. The van der Waals surface area contributed by atoms with Gasteiger partial charge in [-0.2, -0.15) is 5.10 Å². The van der Waals surface area contributed by atoms with Crippen molar-refractivity contribution in [1.82, 2.24) is 25.3 Å². The van der Waals surface area contributed by atoms with Crippen LogP contribution in [0.1, 0.15) is 33.1 Å². The smallest absolute Gasteiger partial charge is 0.322 e. The van der Waals surface area contributed by atoms with Gasteiger partial charge in [-0.05, 0) is 61.4 Å². The number of ether oxygens (including phenoxy) is 1. The van der Waals surface area contributed by atoms with Gasteiger partial charge in [-0.15, -0.1) is 0 Å². The van der Waals surface area contributed by atoms with Crippen LogP contribution in [0.25, 0.3) is 22.1 Å². The van der Waals surface area contributed by atoms with Crippen molar-refractivity contribution in [2.24, 2.45) is 7.05 Å². The number of carbonyl (C=O) groups is 3. The van der Waals surface area contributed by atoms with Crippen molar-refractivity contribution >= 4 is 28.8 Å². The molecule has 0 spiro atoms. The van der Waals surface area contributed by atoms with Crippen LogP contribution in [-0.2, 0) is 23.9 Å². The van der Waals surface area contributed by atoms with E-state index in [1.165, 1.54) is 17.2 Å². The van der Waals surface area contributed by atoms with Gasteiger partial charge in [0.1, 0.15) is 17.1 Å². The topological polar surface area (TPSA) is 119 Å². The molecule has 2 N–H and O–H groups in total. The summed E-state index contributed by atoms with van der Waals surface area (Å²) in [6.45, 7) is 4.29. The summed E-state index contributed by atoms with van der Waals surface area (Å²) in [5, 5.41) is 10.2. The molecular formula is C28H25N5O5. The van der Waals surface area contributed by atoms with Crippen molar-refractivity contribution in [3.8, 4) is 16.9 Å². The van der Waals surface area contributed by atoms with Crippen LogP contribution in [0.2, 0.25) is 0 Å². The van der Waals surface area contributed by atoms with Crippen LogP contribution in [0.5, 0.6) is 5.75 Å². The molecule has 192 valence electrons. The number of aryl methyl sites for hydroxylation is 2. The first-order valence-electron chi connectivity index (χ1n) is 12.1. The number of hydrogen-bond donors (Lipinski definition) is 2. The highest BCUT2D eigenvalue weighted by Gasteiger charge is 2.49. The maximum atomic E-state index is 13.1. The lowest BCUT2D eigenvalue weighted by molar-refractivity contribution is -0.123. The summed E-state index contributed by atoms with van der Waals surface area (Å²) in [6, 6.07) is 12.2. The third-order valence-electron chi connectivity index (χ3n) is 7.25. The van der Waals surface area contributed by atoms with Gasteiger partial charge < -0.3 is 19.4 Å². The van der Waals surface area contributed by atoms with Crippen LogP contribution >= 0.6 is 0 Å². The van der Waals surface area contributed by atoms with Crippen LogP contribution in [0.15, 0.2) is 59.2 Å². The molecule has 38 heavy (non-hydrogen) atoms. The third-order valence-corrected chi connectivity index (χ3v) is 7.25. The summed E-state index contributed by atoms with van der Waals surface area (Å²) in [7, 11) is 3.44. The summed E-state index contributed by atoms with van der Waals surface area (Å²) < 4.78 is 13.2. The monoisotopic (exact) mass is 511 g/mol. The van der Waals surface area contributed by atoms with Crippen molar-refractivity contribution in [2.45, 2.75) is 25.9 Å². The minimum absolute atomic E-state index is 0.230. The third kappa shape index (κ3) is 3.48. The SMILES string of the molecule is COc1ccc2c(c1)C(=O)N(C=CC1(c3cc4cc(-c5c(C)nn(C)c5C)ccc4o3)NC(=O)NC1=O)C2. The van der Waals surface area contributed by atoms with Gasteiger partial charge in [0.05, 0.1) is 19.3 Å². The first kappa shape index (κ1) is 23.5. The highest BCUT2D eigenvalue weighted by molar-refractivity contribution is 6.09. The number of hydrogen-bond acceptors (Lipinski definition) is 6. The molecule has 4 aromatic rings. The molecule has 0 saturated carbocycles. The number of fused-ring (bicyclic) bond motifs is 2. The number of rotatable bonds is 5. The van der Waals surface area contributed by atoms with E-state index < -0.39 is 17.5 Å². The molecule has 4 heterocycles. The molecule has 10 nitrogen and oxygen atoms in total. The molecule has 10 heteroatoms. The normalized spacial score (nSPS) is 18.9. The summed E-state index contributed by atoms with van der Waals surface area (Å²) >= 11 is 0. The average Bonchev–Trinajstić information content (AvgIpc) is 3.61. The maximum absolute atomic E-state index is 13.1. The summed E-state index contributed by atoms with van der Waals surface area (Å²) in [5.74, 6) is -0.0100. The Morgan fingerprint density at radius 2 is 1.92 bits per heavy atom. The molecule has 1 saturated heterocycles. The number of urea groups is 1. The fourth-order valence-corrected chi connectivity index (χ4v) is 5.18. The van der Waals surface area contributed by atoms with Gasteiger partial charge >= 0.3 is 6.03 Å². The fourth-order valence-electron chi connectivity index (χ4n) is 5.18. The molecule has 2 aromatic carbocycles. The van der Waals surface area contributed by atoms with Crippen LogP contribution in [0.3, 0.4) is 0 Å². The fraction of sp³-hybridized carbons (Fsp3) is 0.214. The molecule has 1 atom stereocenters. The van der Waals surface area contributed by atoms with Crippen LogP contribution in [0, 0.1) is 13.8 Å². The molecule has 0 aliphatic carbocycles. The molecule has 2 aliphatic rings. The molecular weight excluding hydrogens is 486 g/mol. The number of carbonyl (C=O) groups excluding carboxylic acids is 3. The Hall–Kier alpha value is -4.86. The molecule has 0 radical (unpaired) electrons. The number of methoxy groups -OCH3 is 1. The van der Waals surface area contributed by atoms with Crippen molar-refractivity contribution < 1.29 is 23.5 Å². The highest BCUT2D eigenvalue weighted by Crippen LogP contribution is 2.36. The summed E-state index contributed by atoms with van der Waals surface area (Å²) in [4.78, 5) is 39.9. The van der Waals surface area contributed by atoms with E-state index >= 15 is 0 Å². The number of nitrogens with zero attached hydrogens (tertiary/aromatic N) is 3. The standard InChI is InChI=1S/C28H25N5O5/c1-15-24(16(2)32(3)31-15)17-6-8-22-19(11-17)12-23(38-22)28(26(35)29-27(36)30-28)9-10-33-14-18-5-7-20(37-4)13-21(18)25(33)34/h5-13H,14H2,1-4H3,(H2,29,30,35,36). The quantitative estimate of drug-likeness (QED) is 0.395. The number of aromatic nitrogens is 2. The zero-order valence-corrected chi connectivity index (χ0v) is 21.3. The number of nitrogens with one attached hydrogen (secondary N) is 2. The molecule has 2 aliphatic heterocycles. The molecule has 6 rings (SSSR count). The number of furan rings is 1. The van der Waals surface area contributed by atoms with Gasteiger partial charge in [0.15, 0.2) is 5.54 Å². The molecule has 1 fully saturated rings. The van der Waals surface area contributed by atoms with E-state index in [2.05, 4.69) is 15.7 Å². The first-order valence-corrected chi connectivity index (χ1v) is 12.1. The van der Waals surface area contributed by atoms with Crippen molar-refractivity contribution in [3.63, 3.8) is 0 Å². The predicted molar refractivity (Wildman–Crippen MR) is 138 cm³/mol. The van der Waals surface area contributed by atoms with E-state index in [-0.39, 0.29) is 11.7 Å². The van der Waals surface area contributed by atoms with Crippen molar-refractivity contribution in [1.29, 1.82) is 0 Å². The zero-order chi connectivity index (χ0) is 26.8. The Kier molecular flexibility index (Phi) is 5.16. The molecule has 2 aromatic heterocycles. The van der Waals surface area contributed by atoms with Gasteiger partial charge in [-0.25, -0.2) is 4.79 Å². The lowest BCUT2D eigenvalue weighted by atomic mass is 9.95. The maximum Gasteiger partial charge on any atom is 0.322 e. The average molecular weight is 512 g/mol. The number of benzene rings is 2. The van der Waals surface area contributed by atoms with Gasteiger partial charge in [0.25, 0.3) is 11.8 Å². The molecule has 0 bridgehead atoms. The summed E-state index contributed by atoms with van der Waals surface area (Å²) in [6.07, 6.45) is 3.00. The van der Waals surface area contributed by atoms with Gasteiger partial charge in [0, 0.05) is 35.5 Å². The van der Waals surface area contributed by atoms with Crippen molar-refractivity contribution in [3.05, 3.63) is 83.0 Å². The van der Waals surface area contributed by atoms with Crippen LogP contribution < -0.4 is 15.4 Å². The van der Waals surface area contributed by atoms with E-state index in [9.17, 15) is 14.4 Å². The molecule has 4 amide bonds. The predicted octanol–water partition coefficient (Wildman–Crippen LogP) is 3.66. The lowest BCUT2D eigenvalue weighted by Crippen LogP contribution is -2.42. The second-order valence-electron chi connectivity index (χ2n) is 9.52. The van der Waals surface area contributed by atoms with Crippen LogP contribution in [-0.4, -0.2) is 39.6 Å². The molecule has 1 unspecified atom stereocenters. The van der Waals surface area contributed by atoms with Crippen LogP contribution in [0.4, 0.5) is 4.79 Å². The second-order valence-corrected chi connectivity index (χ2v) is 9.52.